The number of nitrogens with zero attached hydrogens (tertiary/aromatic N) is 3. The third-order valence-electron chi connectivity index (χ3n) is 4.04. The monoisotopic (exact) mass is 362 g/mol. The van der Waals surface area contributed by atoms with Gasteiger partial charge < -0.3 is 16.4 Å². The van der Waals surface area contributed by atoms with E-state index in [1.807, 2.05) is 43.3 Å². The molecule has 0 atom stereocenters. The zero-order chi connectivity index (χ0) is 18.1. The topological polar surface area (TPSA) is 88.8 Å². The summed E-state index contributed by atoms with van der Waals surface area (Å²) in [4.78, 5) is 13.1. The van der Waals surface area contributed by atoms with Gasteiger partial charge in [-0.05, 0) is 37.6 Å². The van der Waals surface area contributed by atoms with Crippen LogP contribution in [-0.4, -0.2) is 15.0 Å². The molecule has 4 N–H and O–H groups in total. The molecular formula is C19H18N6S. The Morgan fingerprint density at radius 2 is 1.73 bits per heavy atom. The Morgan fingerprint density at radius 1 is 0.962 bits per heavy atom. The molecule has 0 spiro atoms. The van der Waals surface area contributed by atoms with Gasteiger partial charge in [-0.15, -0.1) is 0 Å². The fourth-order valence-electron chi connectivity index (χ4n) is 2.70. The van der Waals surface area contributed by atoms with Gasteiger partial charge in [0.1, 0.15) is 12.0 Å². The Hall–Kier alpha value is -3.19. The number of nitrogens with one attached hydrogen (secondary N) is 2. The molecule has 7 heteroatoms. The Labute approximate surface area is 155 Å². The quantitative estimate of drug-likeness (QED) is 0.484. The lowest BCUT2D eigenvalue weighted by Gasteiger charge is -2.13. The van der Waals surface area contributed by atoms with Crippen molar-refractivity contribution >= 4 is 49.7 Å². The van der Waals surface area contributed by atoms with Crippen LogP contribution in [0, 0.1) is 13.8 Å². The lowest BCUT2D eigenvalue weighted by Crippen LogP contribution is -2.05. The van der Waals surface area contributed by atoms with E-state index in [0.29, 0.717) is 17.3 Å². The van der Waals surface area contributed by atoms with Gasteiger partial charge >= 0.3 is 0 Å². The minimum Gasteiger partial charge on any atom is -0.393 e. The lowest BCUT2D eigenvalue weighted by atomic mass is 10.1. The van der Waals surface area contributed by atoms with E-state index in [1.165, 1.54) is 11.9 Å². The maximum Gasteiger partial charge on any atom is 0.189 e. The number of thiazole rings is 1. The van der Waals surface area contributed by atoms with Crippen LogP contribution in [0.15, 0.2) is 48.8 Å². The van der Waals surface area contributed by atoms with Gasteiger partial charge in [0.2, 0.25) is 0 Å². The molecule has 0 aliphatic heterocycles. The van der Waals surface area contributed by atoms with Crippen LogP contribution in [0.25, 0.3) is 10.2 Å². The number of hydrogen-bond acceptors (Lipinski definition) is 7. The van der Waals surface area contributed by atoms with E-state index in [4.69, 9.17) is 5.73 Å². The Bertz CT molecular complexity index is 1060. The molecule has 0 unspecified atom stereocenters. The van der Waals surface area contributed by atoms with Crippen LogP contribution in [0.4, 0.5) is 28.1 Å². The second-order valence-electron chi connectivity index (χ2n) is 6.04. The average molecular weight is 362 g/mol. The predicted octanol–water partition coefficient (Wildman–Crippen LogP) is 4.77. The average Bonchev–Trinajstić information content (AvgIpc) is 3.03. The molecule has 4 rings (SSSR count). The number of fused-ring (bicyclic) bond motifs is 1. The molecule has 0 aliphatic rings. The summed E-state index contributed by atoms with van der Waals surface area (Å²) in [5, 5.41) is 7.23. The van der Waals surface area contributed by atoms with Gasteiger partial charge in [-0.3, -0.25) is 0 Å². The van der Waals surface area contributed by atoms with E-state index >= 15 is 0 Å². The highest BCUT2D eigenvalue weighted by atomic mass is 32.1. The highest BCUT2D eigenvalue weighted by Crippen LogP contribution is 2.32. The van der Waals surface area contributed by atoms with Crippen molar-refractivity contribution in [2.45, 2.75) is 13.8 Å². The molecule has 0 aliphatic carbocycles. The van der Waals surface area contributed by atoms with Crippen LogP contribution >= 0.6 is 11.3 Å². The molecule has 6 nitrogen and oxygen atoms in total. The Kier molecular flexibility index (Phi) is 4.14. The highest BCUT2D eigenvalue weighted by Gasteiger charge is 2.12. The number of nitrogen functional groups attached to an aromatic ring is 1. The molecule has 2 heterocycles. The molecule has 0 amide bonds. The third-order valence-corrected chi connectivity index (χ3v) is 4.99. The summed E-state index contributed by atoms with van der Waals surface area (Å²) in [5.74, 6) is 1.10. The predicted molar refractivity (Wildman–Crippen MR) is 109 cm³/mol. The smallest absolute Gasteiger partial charge is 0.189 e. The Balaban J connectivity index is 1.62. The number of aromatic nitrogens is 3. The van der Waals surface area contributed by atoms with Crippen molar-refractivity contribution in [2.24, 2.45) is 0 Å². The first-order valence-electron chi connectivity index (χ1n) is 8.17. The second-order valence-corrected chi connectivity index (χ2v) is 7.07. The Morgan fingerprint density at radius 3 is 2.50 bits per heavy atom. The van der Waals surface area contributed by atoms with Crippen molar-refractivity contribution in [3.05, 3.63) is 59.9 Å². The van der Waals surface area contributed by atoms with Gasteiger partial charge in [0.15, 0.2) is 16.8 Å². The molecule has 4 aromatic rings. The normalized spacial score (nSPS) is 10.8. The van der Waals surface area contributed by atoms with Gasteiger partial charge in [0.25, 0.3) is 0 Å². The molecule has 0 saturated carbocycles. The summed E-state index contributed by atoms with van der Waals surface area (Å²) in [6.07, 6.45) is 1.48. The first kappa shape index (κ1) is 16.3. The summed E-state index contributed by atoms with van der Waals surface area (Å²) >= 11 is 1.56. The SMILES string of the molecule is Cc1ccc(Nc2ncnc(Nc3nc4ccccc4s3)c2N)c(C)c1. The van der Waals surface area contributed by atoms with Gasteiger partial charge in [0.05, 0.1) is 10.2 Å². The summed E-state index contributed by atoms with van der Waals surface area (Å²) in [7, 11) is 0. The van der Waals surface area contributed by atoms with E-state index in [2.05, 4.69) is 38.6 Å². The fourth-order valence-corrected chi connectivity index (χ4v) is 3.57. The maximum atomic E-state index is 6.28. The third kappa shape index (κ3) is 3.16. The van der Waals surface area contributed by atoms with Crippen molar-refractivity contribution in [3.63, 3.8) is 0 Å². The molecule has 2 aromatic heterocycles. The number of benzene rings is 2. The second kappa shape index (κ2) is 6.61. The first-order chi connectivity index (χ1) is 12.6. The van der Waals surface area contributed by atoms with Crippen molar-refractivity contribution in [1.29, 1.82) is 0 Å². The van der Waals surface area contributed by atoms with Crippen LogP contribution in [0.2, 0.25) is 0 Å². The zero-order valence-electron chi connectivity index (χ0n) is 14.4. The number of para-hydroxylation sites is 1. The summed E-state index contributed by atoms with van der Waals surface area (Å²) in [5.41, 5.74) is 11.0. The molecule has 0 radical (unpaired) electrons. The number of rotatable bonds is 4. The van der Waals surface area contributed by atoms with Crippen molar-refractivity contribution < 1.29 is 0 Å². The molecule has 130 valence electrons. The van der Waals surface area contributed by atoms with Gasteiger partial charge in [-0.1, -0.05) is 41.2 Å². The molecule has 0 saturated heterocycles. The minimum absolute atomic E-state index is 0.451. The van der Waals surface area contributed by atoms with Crippen molar-refractivity contribution in [3.8, 4) is 0 Å². The largest absolute Gasteiger partial charge is 0.393 e. The van der Waals surface area contributed by atoms with E-state index in [0.717, 1.165) is 26.6 Å². The van der Waals surface area contributed by atoms with E-state index in [-0.39, 0.29) is 0 Å². The van der Waals surface area contributed by atoms with Crippen LogP contribution in [0.1, 0.15) is 11.1 Å². The van der Waals surface area contributed by atoms with Gasteiger partial charge in [-0.25, -0.2) is 15.0 Å². The van der Waals surface area contributed by atoms with Crippen LogP contribution in [-0.2, 0) is 0 Å². The molecule has 0 fully saturated rings. The van der Waals surface area contributed by atoms with E-state index < -0.39 is 0 Å². The number of nitrogens with two attached hydrogens (primary N) is 1. The van der Waals surface area contributed by atoms with Crippen LogP contribution in [0.5, 0.6) is 0 Å². The van der Waals surface area contributed by atoms with Gasteiger partial charge in [-0.2, -0.15) is 0 Å². The molecule has 2 aromatic carbocycles. The van der Waals surface area contributed by atoms with Crippen LogP contribution in [0.3, 0.4) is 0 Å². The standard InChI is InChI=1S/C19H18N6S/c1-11-7-8-13(12(2)9-11)23-17-16(20)18(22-10-21-17)25-19-24-14-5-3-4-6-15(14)26-19/h3-10H,20H2,1-2H3,(H2,21,22,23,24,25). The number of aryl methyl sites for hydroxylation is 2. The zero-order valence-corrected chi connectivity index (χ0v) is 15.3. The number of hydrogen-bond donors (Lipinski definition) is 3. The fraction of sp³-hybridized carbons (Fsp3) is 0.105. The highest BCUT2D eigenvalue weighted by molar-refractivity contribution is 7.22. The molecule has 26 heavy (non-hydrogen) atoms. The minimum atomic E-state index is 0.451. The first-order valence-corrected chi connectivity index (χ1v) is 8.99. The summed E-state index contributed by atoms with van der Waals surface area (Å²) in [6.45, 7) is 4.11. The van der Waals surface area contributed by atoms with Crippen LogP contribution < -0.4 is 16.4 Å². The van der Waals surface area contributed by atoms with E-state index in [9.17, 15) is 0 Å². The van der Waals surface area contributed by atoms with Crippen molar-refractivity contribution in [1.82, 2.24) is 15.0 Å². The lowest BCUT2D eigenvalue weighted by molar-refractivity contribution is 1.17. The summed E-state index contributed by atoms with van der Waals surface area (Å²) in [6, 6.07) is 14.2. The molecular weight excluding hydrogens is 344 g/mol. The maximum absolute atomic E-state index is 6.28. The van der Waals surface area contributed by atoms with E-state index in [1.54, 1.807) is 11.3 Å². The summed E-state index contributed by atoms with van der Waals surface area (Å²) < 4.78 is 1.11. The van der Waals surface area contributed by atoms with Crippen molar-refractivity contribution in [2.75, 3.05) is 16.4 Å². The van der Waals surface area contributed by atoms with Gasteiger partial charge in [0, 0.05) is 5.69 Å². The number of anilines is 5. The molecule has 0 bridgehead atoms.